The van der Waals surface area contributed by atoms with Crippen molar-refractivity contribution in [2.75, 3.05) is 13.2 Å². The van der Waals surface area contributed by atoms with Gasteiger partial charge in [0.2, 0.25) is 0 Å². The minimum atomic E-state index is -3.09. The molecular weight excluding hydrogens is 249 g/mol. The maximum absolute atomic E-state index is 12.2. The first kappa shape index (κ1) is 13.7. The highest BCUT2D eigenvalue weighted by atomic mass is 35.5. The molecule has 1 rings (SSSR count). The van der Waals surface area contributed by atoms with Crippen LogP contribution in [-0.4, -0.2) is 18.2 Å². The molecule has 4 nitrogen and oxygen atoms in total. The van der Waals surface area contributed by atoms with E-state index in [2.05, 4.69) is 4.98 Å². The van der Waals surface area contributed by atoms with Gasteiger partial charge >= 0.3 is 7.60 Å². The Kier molecular flexibility index (Phi) is 5.42. The Hall–Kier alpha value is -0.410. The number of pyridine rings is 1. The van der Waals surface area contributed by atoms with Gasteiger partial charge in [-0.15, -0.1) is 0 Å². The molecule has 0 aliphatic rings. The highest BCUT2D eigenvalue weighted by Gasteiger charge is 2.25. The van der Waals surface area contributed by atoms with Gasteiger partial charge in [-0.2, -0.15) is 0 Å². The summed E-state index contributed by atoms with van der Waals surface area (Å²) in [6.07, 6.45) is 1.74. The van der Waals surface area contributed by atoms with Crippen molar-refractivity contribution in [3.8, 4) is 0 Å². The predicted molar refractivity (Wildman–Crippen MR) is 63.8 cm³/mol. The summed E-state index contributed by atoms with van der Waals surface area (Å²) in [5, 5.41) is 0.335. The third-order valence-electron chi connectivity index (χ3n) is 1.85. The Labute approximate surface area is 100 Å². The molecule has 0 saturated heterocycles. The fraction of sp³-hybridized carbons (Fsp3) is 0.500. The molecule has 0 aliphatic heterocycles. The predicted octanol–water partition coefficient (Wildman–Crippen LogP) is 3.50. The third-order valence-corrected chi connectivity index (χ3v) is 4.22. The van der Waals surface area contributed by atoms with Gasteiger partial charge in [0.1, 0.15) is 5.15 Å². The zero-order chi connectivity index (χ0) is 12.0. The van der Waals surface area contributed by atoms with Gasteiger partial charge in [0.05, 0.1) is 19.4 Å². The molecule has 90 valence electrons. The molecule has 0 aromatic carbocycles. The fourth-order valence-corrected chi connectivity index (χ4v) is 3.26. The van der Waals surface area contributed by atoms with Crippen LogP contribution in [-0.2, 0) is 19.8 Å². The normalized spacial score (nSPS) is 11.7. The Morgan fingerprint density at radius 2 is 2.00 bits per heavy atom. The zero-order valence-corrected chi connectivity index (χ0v) is 11.0. The average molecular weight is 264 g/mol. The molecule has 6 heteroatoms. The molecule has 0 atom stereocenters. The van der Waals surface area contributed by atoms with E-state index in [1.165, 1.54) is 0 Å². The molecule has 1 heterocycles. The highest BCUT2D eigenvalue weighted by Crippen LogP contribution is 2.51. The maximum atomic E-state index is 12.2. The quantitative estimate of drug-likeness (QED) is 0.582. The van der Waals surface area contributed by atoms with Crippen LogP contribution in [0.2, 0.25) is 5.15 Å². The van der Waals surface area contributed by atoms with Crippen molar-refractivity contribution in [3.63, 3.8) is 0 Å². The van der Waals surface area contributed by atoms with Crippen molar-refractivity contribution < 1.29 is 13.6 Å². The molecule has 0 saturated carbocycles. The molecule has 0 unspecified atom stereocenters. The van der Waals surface area contributed by atoms with Crippen molar-refractivity contribution in [1.29, 1.82) is 0 Å². The number of halogens is 1. The smallest absolute Gasteiger partial charge is 0.309 e. The molecule has 16 heavy (non-hydrogen) atoms. The molecule has 0 bridgehead atoms. The first-order valence-electron chi connectivity index (χ1n) is 5.09. The van der Waals surface area contributed by atoms with E-state index in [1.54, 1.807) is 32.2 Å². The van der Waals surface area contributed by atoms with Crippen molar-refractivity contribution in [3.05, 3.63) is 29.0 Å². The summed E-state index contributed by atoms with van der Waals surface area (Å²) >= 11 is 5.89. The number of hydrogen-bond donors (Lipinski definition) is 0. The standard InChI is InChI=1S/C10H15ClNO3P/c1-3-14-16(13,15-4-2)8-9-6-5-7-12-10(9)11/h5-7H,3-4,8H2,1-2H3. The van der Waals surface area contributed by atoms with E-state index in [-0.39, 0.29) is 6.16 Å². The van der Waals surface area contributed by atoms with Gasteiger partial charge in [-0.1, -0.05) is 17.7 Å². The van der Waals surface area contributed by atoms with E-state index in [9.17, 15) is 4.57 Å². The van der Waals surface area contributed by atoms with Gasteiger partial charge in [0, 0.05) is 11.8 Å². The molecule has 0 N–H and O–H groups in total. The lowest BCUT2D eigenvalue weighted by molar-refractivity contribution is 0.219. The van der Waals surface area contributed by atoms with E-state index < -0.39 is 7.60 Å². The molecule has 0 aliphatic carbocycles. The number of nitrogens with zero attached hydrogens (tertiary/aromatic N) is 1. The summed E-state index contributed by atoms with van der Waals surface area (Å²) < 4.78 is 22.6. The van der Waals surface area contributed by atoms with E-state index in [0.29, 0.717) is 23.9 Å². The van der Waals surface area contributed by atoms with Crippen molar-refractivity contribution in [2.24, 2.45) is 0 Å². The lowest BCUT2D eigenvalue weighted by Crippen LogP contribution is -2.00. The summed E-state index contributed by atoms with van der Waals surface area (Å²) in [5.41, 5.74) is 0.675. The average Bonchev–Trinajstić information content (AvgIpc) is 2.22. The second kappa shape index (κ2) is 6.36. The largest absolute Gasteiger partial charge is 0.335 e. The minimum Gasteiger partial charge on any atom is -0.309 e. The van der Waals surface area contributed by atoms with Crippen LogP contribution >= 0.6 is 19.2 Å². The van der Waals surface area contributed by atoms with Crippen LogP contribution in [0.1, 0.15) is 19.4 Å². The van der Waals surface area contributed by atoms with Crippen molar-refractivity contribution in [1.82, 2.24) is 4.98 Å². The number of hydrogen-bond acceptors (Lipinski definition) is 4. The molecule has 0 fully saturated rings. The van der Waals surface area contributed by atoms with E-state index in [0.717, 1.165) is 0 Å². The van der Waals surface area contributed by atoms with E-state index >= 15 is 0 Å². The fourth-order valence-electron chi connectivity index (χ4n) is 1.27. The molecule has 0 amide bonds. The Morgan fingerprint density at radius 1 is 1.38 bits per heavy atom. The second-order valence-electron chi connectivity index (χ2n) is 3.06. The van der Waals surface area contributed by atoms with Gasteiger partial charge in [-0.3, -0.25) is 4.57 Å². The summed E-state index contributed by atoms with van der Waals surface area (Å²) in [6.45, 7) is 4.23. The van der Waals surface area contributed by atoms with Crippen LogP contribution < -0.4 is 0 Å². The molecule has 1 aromatic rings. The zero-order valence-electron chi connectivity index (χ0n) is 9.35. The molecule has 0 radical (unpaired) electrons. The van der Waals surface area contributed by atoms with Gasteiger partial charge in [-0.05, 0) is 19.9 Å². The molecular formula is C10H15ClNO3P. The Balaban J connectivity index is 2.83. The first-order chi connectivity index (χ1) is 7.61. The van der Waals surface area contributed by atoms with Gasteiger partial charge in [0.15, 0.2) is 0 Å². The number of rotatable bonds is 6. The Bertz CT molecular complexity index is 376. The number of aromatic nitrogens is 1. The van der Waals surface area contributed by atoms with Crippen LogP contribution in [0.15, 0.2) is 18.3 Å². The second-order valence-corrected chi connectivity index (χ2v) is 5.47. The van der Waals surface area contributed by atoms with Crippen molar-refractivity contribution in [2.45, 2.75) is 20.0 Å². The molecule has 1 aromatic heterocycles. The lowest BCUT2D eigenvalue weighted by Gasteiger charge is -2.17. The van der Waals surface area contributed by atoms with Crippen molar-refractivity contribution >= 4 is 19.2 Å². The molecule has 0 spiro atoms. The van der Waals surface area contributed by atoms with Crippen LogP contribution in [0.4, 0.5) is 0 Å². The summed E-state index contributed by atoms with van der Waals surface area (Å²) in [7, 11) is -3.09. The van der Waals surface area contributed by atoms with Gasteiger partial charge in [-0.25, -0.2) is 4.98 Å². The first-order valence-corrected chi connectivity index (χ1v) is 7.19. The lowest BCUT2D eigenvalue weighted by atomic mass is 10.3. The third kappa shape index (κ3) is 3.87. The summed E-state index contributed by atoms with van der Waals surface area (Å²) in [5.74, 6) is 0. The highest BCUT2D eigenvalue weighted by molar-refractivity contribution is 7.53. The van der Waals surface area contributed by atoms with E-state index in [4.69, 9.17) is 20.6 Å². The van der Waals surface area contributed by atoms with Crippen LogP contribution in [0.3, 0.4) is 0 Å². The topological polar surface area (TPSA) is 48.4 Å². The summed E-state index contributed by atoms with van der Waals surface area (Å²) in [4.78, 5) is 3.92. The van der Waals surface area contributed by atoms with Crippen LogP contribution in [0.25, 0.3) is 0 Å². The summed E-state index contributed by atoms with van der Waals surface area (Å²) in [6, 6.07) is 3.50. The van der Waals surface area contributed by atoms with Gasteiger partial charge < -0.3 is 9.05 Å². The van der Waals surface area contributed by atoms with Crippen LogP contribution in [0.5, 0.6) is 0 Å². The monoisotopic (exact) mass is 263 g/mol. The van der Waals surface area contributed by atoms with Crippen LogP contribution in [0, 0.1) is 0 Å². The SMILES string of the molecule is CCOP(=O)(Cc1cccnc1Cl)OCC. The van der Waals surface area contributed by atoms with E-state index in [1.807, 2.05) is 0 Å². The Morgan fingerprint density at radius 3 is 2.50 bits per heavy atom. The minimum absolute atomic E-state index is 0.154. The van der Waals surface area contributed by atoms with Gasteiger partial charge in [0.25, 0.3) is 0 Å². The maximum Gasteiger partial charge on any atom is 0.335 e.